The Bertz CT molecular complexity index is 1180. The van der Waals surface area contributed by atoms with E-state index in [4.69, 9.17) is 49.5 Å². The van der Waals surface area contributed by atoms with E-state index in [1.165, 1.54) is 21.0 Å². The van der Waals surface area contributed by atoms with Crippen molar-refractivity contribution in [1.29, 1.82) is 0 Å². The lowest BCUT2D eigenvalue weighted by atomic mass is 9.96. The lowest BCUT2D eigenvalue weighted by molar-refractivity contribution is -0.366. The first-order valence-corrected chi connectivity index (χ1v) is 17.7. The Morgan fingerprint density at radius 3 is 1.92 bits per heavy atom. The number of carbonyl (C=O) groups excluding carboxylic acids is 4. The maximum absolute atomic E-state index is 13.1. The largest absolute Gasteiger partial charge is 0.469 e. The number of Topliss-reactive ketones (excluding diaryl/α,β-unsaturated/α-hetero) is 1. The average molecular weight is 791 g/mol. The lowest BCUT2D eigenvalue weighted by Crippen LogP contribution is -2.66. The van der Waals surface area contributed by atoms with Crippen molar-refractivity contribution < 1.29 is 97.6 Å². The molecule has 3 aliphatic heterocycles. The zero-order chi connectivity index (χ0) is 39.4. The van der Waals surface area contributed by atoms with Gasteiger partial charge in [0.2, 0.25) is 0 Å². The fourth-order valence-electron chi connectivity index (χ4n) is 5.77. The van der Waals surface area contributed by atoms with Gasteiger partial charge in [-0.3, -0.25) is 14.4 Å². The van der Waals surface area contributed by atoms with Gasteiger partial charge in [-0.05, 0) is 26.7 Å². The number of alkyl halides is 1. The van der Waals surface area contributed by atoms with Gasteiger partial charge in [-0.15, -0.1) is 11.6 Å². The van der Waals surface area contributed by atoms with Crippen molar-refractivity contribution in [1.82, 2.24) is 0 Å². The minimum absolute atomic E-state index is 0.0593. The highest BCUT2D eigenvalue weighted by atomic mass is 35.5. The van der Waals surface area contributed by atoms with Crippen LogP contribution in [0, 0.1) is 0 Å². The molecule has 3 rings (SSSR count). The molecule has 15 atom stereocenters. The number of aliphatic hydroxyl groups is 7. The zero-order valence-corrected chi connectivity index (χ0v) is 30.3. The van der Waals surface area contributed by atoms with Crippen LogP contribution in [-0.4, -0.2) is 184 Å². The van der Waals surface area contributed by atoms with Crippen LogP contribution in [0.25, 0.3) is 0 Å². The molecule has 21 heteroatoms. The van der Waals surface area contributed by atoms with Crippen LogP contribution >= 0.6 is 11.6 Å². The van der Waals surface area contributed by atoms with Gasteiger partial charge in [-0.25, -0.2) is 0 Å². The number of unbranched alkanes of at least 4 members (excludes halogenated alkanes) is 2. The topological polar surface area (TPSA) is 293 Å². The van der Waals surface area contributed by atoms with Crippen molar-refractivity contribution in [3.05, 3.63) is 0 Å². The minimum Gasteiger partial charge on any atom is -0.469 e. The van der Waals surface area contributed by atoms with E-state index in [0.717, 1.165) is 0 Å². The summed E-state index contributed by atoms with van der Waals surface area (Å²) in [5, 5.41) is 72.4. The Hall–Kier alpha value is -2.15. The van der Waals surface area contributed by atoms with Crippen LogP contribution in [0.15, 0.2) is 0 Å². The van der Waals surface area contributed by atoms with Crippen LogP contribution in [0.2, 0.25) is 0 Å². The summed E-state index contributed by atoms with van der Waals surface area (Å²) in [4.78, 5) is 48.9. The lowest BCUT2D eigenvalue weighted by Gasteiger charge is -2.48. The third kappa shape index (κ3) is 12.7. The highest BCUT2D eigenvalue weighted by Gasteiger charge is 2.55. The minimum atomic E-state index is -1.97. The summed E-state index contributed by atoms with van der Waals surface area (Å²) in [5.41, 5.74) is 0. The van der Waals surface area contributed by atoms with Crippen molar-refractivity contribution in [2.75, 3.05) is 32.8 Å². The van der Waals surface area contributed by atoms with E-state index in [1.54, 1.807) is 0 Å². The number of hydrogen-bond donors (Lipinski definition) is 7. The van der Waals surface area contributed by atoms with E-state index in [1.807, 2.05) is 0 Å². The number of methoxy groups -OCH3 is 1. The zero-order valence-electron chi connectivity index (χ0n) is 29.5. The van der Waals surface area contributed by atoms with Gasteiger partial charge in [-0.2, -0.15) is 0 Å². The van der Waals surface area contributed by atoms with Crippen molar-refractivity contribution in [3.63, 3.8) is 0 Å². The van der Waals surface area contributed by atoms with Gasteiger partial charge in [-0.1, -0.05) is 6.42 Å². The molecule has 0 aromatic heterocycles. The van der Waals surface area contributed by atoms with Crippen molar-refractivity contribution in [2.24, 2.45) is 0 Å². The Morgan fingerprint density at radius 2 is 1.28 bits per heavy atom. The molecule has 0 spiro atoms. The molecule has 53 heavy (non-hydrogen) atoms. The predicted octanol–water partition coefficient (Wildman–Crippen LogP) is -3.08. The molecule has 0 aliphatic carbocycles. The molecule has 306 valence electrons. The van der Waals surface area contributed by atoms with E-state index >= 15 is 0 Å². The third-order valence-corrected chi connectivity index (χ3v) is 9.04. The molecule has 0 amide bonds. The number of carbonyl (C=O) groups is 4. The van der Waals surface area contributed by atoms with Crippen molar-refractivity contribution in [3.8, 4) is 0 Å². The molecule has 0 bridgehead atoms. The van der Waals surface area contributed by atoms with E-state index in [2.05, 4.69) is 4.74 Å². The van der Waals surface area contributed by atoms with E-state index in [0.29, 0.717) is 19.3 Å². The normalized spacial score (nSPS) is 37.5. The van der Waals surface area contributed by atoms with Gasteiger partial charge in [0.15, 0.2) is 31.1 Å². The summed E-state index contributed by atoms with van der Waals surface area (Å²) in [7, 11) is 1.26. The van der Waals surface area contributed by atoms with Gasteiger partial charge in [0, 0.05) is 19.4 Å². The van der Waals surface area contributed by atoms with E-state index < -0.39 is 136 Å². The highest BCUT2D eigenvalue weighted by molar-refractivity contribution is 6.26. The Kier molecular flexibility index (Phi) is 18.6. The molecule has 7 N–H and O–H groups in total. The molecule has 3 saturated heterocycles. The number of ketones is 1. The average Bonchev–Trinajstić information content (AvgIpc) is 3.13. The quantitative estimate of drug-likeness (QED) is 0.0295. The van der Waals surface area contributed by atoms with E-state index in [9.17, 15) is 54.9 Å². The highest BCUT2D eigenvalue weighted by Crippen LogP contribution is 2.34. The van der Waals surface area contributed by atoms with Gasteiger partial charge in [0.05, 0.1) is 32.8 Å². The summed E-state index contributed by atoms with van der Waals surface area (Å²) >= 11 is 5.76. The fourth-order valence-corrected chi connectivity index (χ4v) is 5.83. The summed E-state index contributed by atoms with van der Waals surface area (Å²) in [6.45, 7) is 1.16. The summed E-state index contributed by atoms with van der Waals surface area (Å²) < 4.78 is 50.9. The number of rotatable bonds is 19. The standard InChI is InChI=1S/C32H51ClO20/c1-14(35)8-9-19(37)51-27-17(13-47-30-25(43)23(41)21(39)15(2)48-30)50-32(46-10-6-4-5-7-18(36)45-3)29(52-20(38)11-33)28(27)53-31-26(44)24(42)22(40)16(12-34)49-31/h15-17,21-32,34,39-44H,4-13H2,1-3H3/t15-,16+,17+,21+,22-,23+,24-,25-,26+,27-,28-,29+,30-,31+,32+/m0/s1. The molecule has 3 heterocycles. The first-order chi connectivity index (χ1) is 25.1. The summed E-state index contributed by atoms with van der Waals surface area (Å²) in [5.74, 6) is -3.41. The molecular formula is C32H51ClO20. The van der Waals surface area contributed by atoms with Gasteiger partial charge >= 0.3 is 17.9 Å². The van der Waals surface area contributed by atoms with Crippen LogP contribution in [-0.2, 0) is 61.8 Å². The number of hydrogen-bond acceptors (Lipinski definition) is 20. The number of aliphatic hydroxyl groups excluding tert-OH is 7. The van der Waals surface area contributed by atoms with Gasteiger partial charge < -0.3 is 83.2 Å². The molecule has 20 nitrogen and oxygen atoms in total. The molecule has 3 fully saturated rings. The SMILES string of the molecule is COC(=O)CCCCCO[C@@H]1O[C@H](CO[C@H]2O[C@@H](C)[C@@H](O)[C@@H](O)[C@@H]2O)[C@H](OC(=O)CCC(C)=O)[C@H](O[C@H]2O[C@H](CO)[C@H](O)[C@H](O)[C@H]2O)[C@H]1OC(=O)CCl. The smallest absolute Gasteiger partial charge is 0.321 e. The van der Waals surface area contributed by atoms with Gasteiger partial charge in [0.1, 0.15) is 66.6 Å². The van der Waals surface area contributed by atoms with Crippen LogP contribution in [0.4, 0.5) is 0 Å². The first-order valence-electron chi connectivity index (χ1n) is 17.2. The Balaban J connectivity index is 2.00. The predicted molar refractivity (Wildman–Crippen MR) is 172 cm³/mol. The maximum Gasteiger partial charge on any atom is 0.321 e. The van der Waals surface area contributed by atoms with Crippen LogP contribution in [0.5, 0.6) is 0 Å². The van der Waals surface area contributed by atoms with Crippen LogP contribution < -0.4 is 0 Å². The Morgan fingerprint density at radius 1 is 0.642 bits per heavy atom. The maximum atomic E-state index is 13.1. The molecular weight excluding hydrogens is 740 g/mol. The van der Waals surface area contributed by atoms with Gasteiger partial charge in [0.25, 0.3) is 0 Å². The second-order valence-corrected chi connectivity index (χ2v) is 13.1. The summed E-state index contributed by atoms with van der Waals surface area (Å²) in [6.07, 6.45) is -23.7. The molecule has 0 aromatic carbocycles. The van der Waals surface area contributed by atoms with Crippen molar-refractivity contribution in [2.45, 2.75) is 144 Å². The van der Waals surface area contributed by atoms with E-state index in [-0.39, 0.29) is 25.2 Å². The third-order valence-electron chi connectivity index (χ3n) is 8.82. The molecule has 0 unspecified atom stereocenters. The molecule has 0 saturated carbocycles. The first kappa shape index (κ1) is 45.2. The Labute approximate surface area is 310 Å². The molecule has 0 radical (unpaired) electrons. The van der Waals surface area contributed by atoms with Crippen LogP contribution in [0.1, 0.15) is 52.4 Å². The fraction of sp³-hybridized carbons (Fsp3) is 0.875. The molecule has 3 aliphatic rings. The number of esters is 3. The molecule has 0 aromatic rings. The summed E-state index contributed by atoms with van der Waals surface area (Å²) in [6, 6.07) is 0. The van der Waals surface area contributed by atoms with Crippen LogP contribution in [0.3, 0.4) is 0 Å². The second-order valence-electron chi connectivity index (χ2n) is 12.9. The monoisotopic (exact) mass is 790 g/mol. The number of halogens is 1. The number of ether oxygens (including phenoxy) is 9. The van der Waals surface area contributed by atoms with Crippen molar-refractivity contribution >= 4 is 35.3 Å². The second kappa shape index (κ2) is 21.8.